The summed E-state index contributed by atoms with van der Waals surface area (Å²) in [6, 6.07) is 0. The van der Waals surface area contributed by atoms with Crippen molar-refractivity contribution >= 4 is 28.5 Å². The maximum absolute atomic E-state index is 11.6. The van der Waals surface area contributed by atoms with Gasteiger partial charge in [0.1, 0.15) is 16.5 Å². The normalized spacial score (nSPS) is 11.2. The molecular formula is C11H12ClN3O. The van der Waals surface area contributed by atoms with Gasteiger partial charge in [0.2, 0.25) is 0 Å². The van der Waals surface area contributed by atoms with E-state index >= 15 is 0 Å². The molecule has 0 bridgehead atoms. The summed E-state index contributed by atoms with van der Waals surface area (Å²) in [6.07, 6.45) is 3.61. The lowest BCUT2D eigenvalue weighted by molar-refractivity contribution is -0.121. The van der Waals surface area contributed by atoms with Gasteiger partial charge < -0.3 is 4.98 Å². The Kier molecular flexibility index (Phi) is 2.92. The topological polar surface area (TPSA) is 58.6 Å². The molecule has 0 fully saturated rings. The number of Topliss-reactive ketones (excluding diaryl/α,β-unsaturated/α-hetero) is 1. The molecule has 0 aliphatic rings. The van der Waals surface area contributed by atoms with Gasteiger partial charge in [-0.1, -0.05) is 25.4 Å². The second-order valence-corrected chi connectivity index (χ2v) is 4.39. The number of carbonyl (C=O) groups excluding carboxylic acids is 1. The zero-order chi connectivity index (χ0) is 11.7. The molecule has 16 heavy (non-hydrogen) atoms. The molecule has 2 aromatic rings. The van der Waals surface area contributed by atoms with Gasteiger partial charge in [0.15, 0.2) is 5.65 Å². The second kappa shape index (κ2) is 4.22. The van der Waals surface area contributed by atoms with Crippen LogP contribution in [0.15, 0.2) is 12.4 Å². The highest BCUT2D eigenvalue weighted by Crippen LogP contribution is 2.17. The lowest BCUT2D eigenvalue weighted by atomic mass is 10.0. The SMILES string of the molecule is CC(C)C(=O)Cc1c[nH]c2ncc(Cl)nc12. The van der Waals surface area contributed by atoms with Gasteiger partial charge in [-0.3, -0.25) is 4.79 Å². The van der Waals surface area contributed by atoms with Crippen molar-refractivity contribution in [3.63, 3.8) is 0 Å². The van der Waals surface area contributed by atoms with Gasteiger partial charge in [-0.25, -0.2) is 9.97 Å². The number of H-pyrrole nitrogens is 1. The number of nitrogens with zero attached hydrogens (tertiary/aromatic N) is 2. The number of ketones is 1. The lowest BCUT2D eigenvalue weighted by Crippen LogP contribution is -2.09. The maximum Gasteiger partial charge on any atom is 0.156 e. The van der Waals surface area contributed by atoms with Crippen molar-refractivity contribution in [1.82, 2.24) is 15.0 Å². The van der Waals surface area contributed by atoms with E-state index in [2.05, 4.69) is 15.0 Å². The molecule has 0 radical (unpaired) electrons. The van der Waals surface area contributed by atoms with E-state index in [0.717, 1.165) is 5.56 Å². The highest BCUT2D eigenvalue weighted by molar-refractivity contribution is 6.29. The van der Waals surface area contributed by atoms with Crippen LogP contribution in [-0.4, -0.2) is 20.7 Å². The van der Waals surface area contributed by atoms with E-state index in [1.54, 1.807) is 6.20 Å². The molecule has 84 valence electrons. The standard InChI is InChI=1S/C11H12ClN3O/c1-6(2)8(16)3-7-4-13-11-10(7)15-9(12)5-14-11/h4-6H,3H2,1-2H3,(H,13,14). The Bertz CT molecular complexity index is 533. The number of hydrogen-bond acceptors (Lipinski definition) is 3. The Morgan fingerprint density at radius 1 is 1.56 bits per heavy atom. The Hall–Kier alpha value is -1.42. The van der Waals surface area contributed by atoms with E-state index in [0.29, 0.717) is 22.7 Å². The smallest absolute Gasteiger partial charge is 0.156 e. The molecule has 0 saturated heterocycles. The van der Waals surface area contributed by atoms with Crippen LogP contribution in [-0.2, 0) is 11.2 Å². The highest BCUT2D eigenvalue weighted by atomic mass is 35.5. The highest BCUT2D eigenvalue weighted by Gasteiger charge is 2.13. The van der Waals surface area contributed by atoms with E-state index in [-0.39, 0.29) is 11.7 Å². The van der Waals surface area contributed by atoms with Crippen molar-refractivity contribution in [1.29, 1.82) is 0 Å². The number of rotatable bonds is 3. The van der Waals surface area contributed by atoms with Crippen LogP contribution in [0.3, 0.4) is 0 Å². The van der Waals surface area contributed by atoms with Crippen molar-refractivity contribution < 1.29 is 4.79 Å². The number of aromatic nitrogens is 3. The molecular weight excluding hydrogens is 226 g/mol. The van der Waals surface area contributed by atoms with E-state index < -0.39 is 0 Å². The zero-order valence-corrected chi connectivity index (χ0v) is 9.88. The molecule has 0 saturated carbocycles. The van der Waals surface area contributed by atoms with Crippen LogP contribution < -0.4 is 0 Å². The summed E-state index contributed by atoms with van der Waals surface area (Å²) < 4.78 is 0. The van der Waals surface area contributed by atoms with E-state index in [9.17, 15) is 4.79 Å². The van der Waals surface area contributed by atoms with Crippen LogP contribution in [0.1, 0.15) is 19.4 Å². The predicted molar refractivity (Wildman–Crippen MR) is 62.4 cm³/mol. The summed E-state index contributed by atoms with van der Waals surface area (Å²) in [4.78, 5) is 22.9. The molecule has 0 aliphatic heterocycles. The van der Waals surface area contributed by atoms with Gasteiger partial charge in [0.05, 0.1) is 6.20 Å². The van der Waals surface area contributed by atoms with Crippen LogP contribution >= 0.6 is 11.6 Å². The van der Waals surface area contributed by atoms with E-state index in [1.807, 2.05) is 13.8 Å². The maximum atomic E-state index is 11.6. The van der Waals surface area contributed by atoms with Gasteiger partial charge >= 0.3 is 0 Å². The first kappa shape index (κ1) is 11.1. The third kappa shape index (κ3) is 2.07. The van der Waals surface area contributed by atoms with Crippen molar-refractivity contribution in [2.24, 2.45) is 5.92 Å². The molecule has 0 atom stereocenters. The second-order valence-electron chi connectivity index (χ2n) is 4.00. The van der Waals surface area contributed by atoms with Crippen molar-refractivity contribution in [3.8, 4) is 0 Å². The predicted octanol–water partition coefficient (Wildman–Crippen LogP) is 2.38. The fourth-order valence-corrected chi connectivity index (χ4v) is 1.58. The zero-order valence-electron chi connectivity index (χ0n) is 9.12. The molecule has 0 amide bonds. The third-order valence-corrected chi connectivity index (χ3v) is 2.62. The first-order valence-electron chi connectivity index (χ1n) is 5.09. The number of hydrogen-bond donors (Lipinski definition) is 1. The Morgan fingerprint density at radius 3 is 3.00 bits per heavy atom. The van der Waals surface area contributed by atoms with Crippen LogP contribution in [0.25, 0.3) is 11.2 Å². The molecule has 0 aliphatic carbocycles. The van der Waals surface area contributed by atoms with Crippen molar-refractivity contribution in [2.45, 2.75) is 20.3 Å². The fraction of sp³-hybridized carbons (Fsp3) is 0.364. The van der Waals surface area contributed by atoms with Crippen molar-refractivity contribution in [2.75, 3.05) is 0 Å². The lowest BCUT2D eigenvalue weighted by Gasteiger charge is -2.02. The van der Waals surface area contributed by atoms with Crippen LogP contribution in [0.2, 0.25) is 5.15 Å². The summed E-state index contributed by atoms with van der Waals surface area (Å²) in [6.45, 7) is 3.77. The molecule has 1 N–H and O–H groups in total. The number of fused-ring (bicyclic) bond motifs is 1. The summed E-state index contributed by atoms with van der Waals surface area (Å²) in [5, 5.41) is 0.338. The van der Waals surface area contributed by atoms with Gasteiger partial charge in [-0.15, -0.1) is 0 Å². The Labute approximate surface area is 98.1 Å². The summed E-state index contributed by atoms with van der Waals surface area (Å²) in [5.74, 6) is 0.208. The third-order valence-electron chi connectivity index (χ3n) is 2.44. The minimum Gasteiger partial charge on any atom is -0.344 e. The first-order chi connectivity index (χ1) is 7.58. The average molecular weight is 238 g/mol. The van der Waals surface area contributed by atoms with Crippen LogP contribution in [0, 0.1) is 5.92 Å². The fourth-order valence-electron chi connectivity index (χ4n) is 1.45. The number of carbonyl (C=O) groups is 1. The Balaban J connectivity index is 2.38. The van der Waals surface area contributed by atoms with Gasteiger partial charge in [0.25, 0.3) is 0 Å². The summed E-state index contributed by atoms with van der Waals surface area (Å²) >= 11 is 5.77. The summed E-state index contributed by atoms with van der Waals surface area (Å²) in [7, 11) is 0. The van der Waals surface area contributed by atoms with Crippen LogP contribution in [0.5, 0.6) is 0 Å². The quantitative estimate of drug-likeness (QED) is 0.892. The molecule has 0 unspecified atom stereocenters. The number of aromatic amines is 1. The molecule has 2 heterocycles. The molecule has 2 aromatic heterocycles. The average Bonchev–Trinajstić information content (AvgIpc) is 2.61. The first-order valence-corrected chi connectivity index (χ1v) is 5.47. The van der Waals surface area contributed by atoms with Crippen molar-refractivity contribution in [3.05, 3.63) is 23.1 Å². The largest absolute Gasteiger partial charge is 0.344 e. The number of halogens is 1. The van der Waals surface area contributed by atoms with E-state index in [4.69, 9.17) is 11.6 Å². The van der Waals surface area contributed by atoms with E-state index in [1.165, 1.54) is 6.20 Å². The summed E-state index contributed by atoms with van der Waals surface area (Å²) in [5.41, 5.74) is 2.20. The minimum atomic E-state index is 0.0251. The molecule has 5 heteroatoms. The number of nitrogens with one attached hydrogen (secondary N) is 1. The molecule has 0 spiro atoms. The Morgan fingerprint density at radius 2 is 2.31 bits per heavy atom. The van der Waals surface area contributed by atoms with Crippen LogP contribution in [0.4, 0.5) is 0 Å². The molecule has 0 aromatic carbocycles. The monoisotopic (exact) mass is 237 g/mol. The molecule has 4 nitrogen and oxygen atoms in total. The molecule has 2 rings (SSSR count). The van der Waals surface area contributed by atoms with Gasteiger partial charge in [-0.2, -0.15) is 0 Å². The van der Waals surface area contributed by atoms with Gasteiger partial charge in [0, 0.05) is 24.1 Å². The minimum absolute atomic E-state index is 0.0251. The van der Waals surface area contributed by atoms with Gasteiger partial charge in [-0.05, 0) is 0 Å².